The van der Waals surface area contributed by atoms with Crippen molar-refractivity contribution in [3.05, 3.63) is 35.4 Å². The van der Waals surface area contributed by atoms with Crippen LogP contribution < -0.4 is 5.32 Å². The minimum Gasteiger partial charge on any atom is -0.313 e. The quantitative estimate of drug-likeness (QED) is 0.819. The molecule has 0 radical (unpaired) electrons. The molecule has 0 saturated heterocycles. The number of nitrogens with one attached hydrogen (secondary N) is 1. The molecule has 0 aromatic heterocycles. The van der Waals surface area contributed by atoms with Gasteiger partial charge in [-0.05, 0) is 49.8 Å². The molecule has 1 saturated carbocycles. The lowest BCUT2D eigenvalue weighted by Gasteiger charge is -2.25. The van der Waals surface area contributed by atoms with Crippen LogP contribution in [0.25, 0.3) is 0 Å². The first-order valence-electron chi connectivity index (χ1n) is 7.38. The van der Waals surface area contributed by atoms with Gasteiger partial charge in [0.15, 0.2) is 11.6 Å². The highest BCUT2D eigenvalue weighted by molar-refractivity contribution is 5.20. The summed E-state index contributed by atoms with van der Waals surface area (Å²) >= 11 is 0. The van der Waals surface area contributed by atoms with Crippen molar-refractivity contribution < 1.29 is 8.78 Å². The summed E-state index contributed by atoms with van der Waals surface area (Å²) in [6, 6.07) is 4.76. The predicted octanol–water partition coefficient (Wildman–Crippen LogP) is 4.07. The minimum atomic E-state index is -0.738. The van der Waals surface area contributed by atoms with E-state index >= 15 is 0 Å². The lowest BCUT2D eigenvalue weighted by Crippen LogP contribution is -2.37. The van der Waals surface area contributed by atoms with Crippen LogP contribution in [0.3, 0.4) is 0 Å². The molecule has 106 valence electrons. The van der Waals surface area contributed by atoms with Gasteiger partial charge in [0, 0.05) is 6.04 Å². The highest BCUT2D eigenvalue weighted by Gasteiger charge is 2.25. The van der Waals surface area contributed by atoms with E-state index in [0.717, 1.165) is 13.0 Å². The van der Waals surface area contributed by atoms with E-state index in [2.05, 4.69) is 12.2 Å². The largest absolute Gasteiger partial charge is 0.313 e. The maximum absolute atomic E-state index is 13.8. The molecule has 1 N–H and O–H groups in total. The second-order valence-corrected chi connectivity index (χ2v) is 5.52. The van der Waals surface area contributed by atoms with Gasteiger partial charge >= 0.3 is 0 Å². The van der Waals surface area contributed by atoms with Crippen molar-refractivity contribution in [2.75, 3.05) is 6.54 Å². The lowest BCUT2D eigenvalue weighted by molar-refractivity contribution is 0.351. The first-order chi connectivity index (χ1) is 9.22. The standard InChI is InChI=1S/C16H23F2N/c1-2-10-19-15(12-6-3-4-7-12)11-13-8-5-9-14(17)16(13)18/h5,8-9,12,15,19H,2-4,6-7,10-11H2,1H3. The molecule has 0 aliphatic heterocycles. The molecule has 1 aromatic carbocycles. The van der Waals surface area contributed by atoms with Crippen LogP contribution in [0, 0.1) is 17.6 Å². The Morgan fingerprint density at radius 1 is 1.26 bits per heavy atom. The zero-order chi connectivity index (χ0) is 13.7. The first-order valence-corrected chi connectivity index (χ1v) is 7.38. The number of hydrogen-bond donors (Lipinski definition) is 1. The number of hydrogen-bond acceptors (Lipinski definition) is 1. The molecule has 1 aliphatic rings. The van der Waals surface area contributed by atoms with Crippen molar-refractivity contribution in [2.24, 2.45) is 5.92 Å². The van der Waals surface area contributed by atoms with E-state index in [1.807, 2.05) is 0 Å². The summed E-state index contributed by atoms with van der Waals surface area (Å²) < 4.78 is 27.0. The van der Waals surface area contributed by atoms with Gasteiger partial charge in [-0.15, -0.1) is 0 Å². The van der Waals surface area contributed by atoms with E-state index in [1.165, 1.54) is 31.7 Å². The van der Waals surface area contributed by atoms with Crippen LogP contribution in [0.1, 0.15) is 44.6 Å². The Hall–Kier alpha value is -0.960. The van der Waals surface area contributed by atoms with Gasteiger partial charge in [-0.25, -0.2) is 8.78 Å². The minimum absolute atomic E-state index is 0.277. The summed E-state index contributed by atoms with van der Waals surface area (Å²) in [5, 5.41) is 3.52. The molecule has 0 bridgehead atoms. The topological polar surface area (TPSA) is 12.0 Å². The van der Waals surface area contributed by atoms with E-state index < -0.39 is 11.6 Å². The van der Waals surface area contributed by atoms with Gasteiger partial charge in [0.25, 0.3) is 0 Å². The van der Waals surface area contributed by atoms with Gasteiger partial charge in [-0.2, -0.15) is 0 Å². The molecule has 1 aliphatic carbocycles. The summed E-state index contributed by atoms with van der Waals surface area (Å²) in [5.74, 6) is -0.809. The average molecular weight is 267 g/mol. The van der Waals surface area contributed by atoms with Gasteiger partial charge in [0.05, 0.1) is 0 Å². The van der Waals surface area contributed by atoms with Gasteiger partial charge in [0.1, 0.15) is 0 Å². The Morgan fingerprint density at radius 2 is 2.00 bits per heavy atom. The van der Waals surface area contributed by atoms with Crippen LogP contribution >= 0.6 is 0 Å². The van der Waals surface area contributed by atoms with Crippen molar-refractivity contribution in [3.63, 3.8) is 0 Å². The summed E-state index contributed by atoms with van der Waals surface area (Å²) in [4.78, 5) is 0. The van der Waals surface area contributed by atoms with Crippen LogP contribution in [-0.2, 0) is 6.42 Å². The van der Waals surface area contributed by atoms with E-state index in [-0.39, 0.29) is 6.04 Å². The molecule has 1 nitrogen and oxygen atoms in total. The molecule has 3 heteroatoms. The highest BCUT2D eigenvalue weighted by atomic mass is 19.2. The molecule has 1 fully saturated rings. The summed E-state index contributed by atoms with van der Waals surface area (Å²) in [6.07, 6.45) is 6.60. The normalized spacial score (nSPS) is 17.8. The van der Waals surface area contributed by atoms with E-state index in [1.54, 1.807) is 12.1 Å². The maximum Gasteiger partial charge on any atom is 0.162 e. The summed E-state index contributed by atoms with van der Waals surface area (Å²) in [7, 11) is 0. The lowest BCUT2D eigenvalue weighted by atomic mass is 9.92. The van der Waals surface area contributed by atoms with E-state index in [9.17, 15) is 8.78 Å². The van der Waals surface area contributed by atoms with Crippen LogP contribution in [-0.4, -0.2) is 12.6 Å². The van der Waals surface area contributed by atoms with Gasteiger partial charge in [-0.3, -0.25) is 0 Å². The zero-order valence-electron chi connectivity index (χ0n) is 11.6. The van der Waals surface area contributed by atoms with Crippen LogP contribution in [0.4, 0.5) is 8.78 Å². The monoisotopic (exact) mass is 267 g/mol. The first kappa shape index (κ1) is 14.4. The number of rotatable bonds is 6. The van der Waals surface area contributed by atoms with Crippen LogP contribution in [0.15, 0.2) is 18.2 Å². The summed E-state index contributed by atoms with van der Waals surface area (Å²) in [5.41, 5.74) is 0.500. The van der Waals surface area contributed by atoms with Crippen LogP contribution in [0.2, 0.25) is 0 Å². The molecule has 0 amide bonds. The van der Waals surface area contributed by atoms with Crippen molar-refractivity contribution in [1.29, 1.82) is 0 Å². The Morgan fingerprint density at radius 3 is 2.68 bits per heavy atom. The fraction of sp³-hybridized carbons (Fsp3) is 0.625. The average Bonchev–Trinajstić information content (AvgIpc) is 2.93. The van der Waals surface area contributed by atoms with Crippen molar-refractivity contribution >= 4 is 0 Å². The highest BCUT2D eigenvalue weighted by Crippen LogP contribution is 2.29. The molecular formula is C16H23F2N. The third kappa shape index (κ3) is 3.75. The Balaban J connectivity index is 2.07. The molecule has 1 atom stereocenters. The fourth-order valence-electron chi connectivity index (χ4n) is 3.04. The number of benzene rings is 1. The molecule has 1 unspecified atom stereocenters. The SMILES string of the molecule is CCCNC(Cc1cccc(F)c1F)C1CCCC1. The number of halogens is 2. The smallest absolute Gasteiger partial charge is 0.162 e. The second kappa shape index (κ2) is 6.99. The third-order valence-corrected chi connectivity index (χ3v) is 4.10. The molecule has 19 heavy (non-hydrogen) atoms. The van der Waals surface area contributed by atoms with Gasteiger partial charge in [0.2, 0.25) is 0 Å². The third-order valence-electron chi connectivity index (χ3n) is 4.10. The van der Waals surface area contributed by atoms with E-state index in [4.69, 9.17) is 0 Å². The molecule has 2 rings (SSSR count). The Labute approximate surface area is 114 Å². The zero-order valence-corrected chi connectivity index (χ0v) is 11.6. The van der Waals surface area contributed by atoms with E-state index in [0.29, 0.717) is 17.9 Å². The Bertz CT molecular complexity index is 400. The predicted molar refractivity (Wildman–Crippen MR) is 74.1 cm³/mol. The van der Waals surface area contributed by atoms with Crippen molar-refractivity contribution in [3.8, 4) is 0 Å². The molecule has 1 aromatic rings. The van der Waals surface area contributed by atoms with Crippen molar-refractivity contribution in [1.82, 2.24) is 5.32 Å². The molecule has 0 spiro atoms. The second-order valence-electron chi connectivity index (χ2n) is 5.52. The summed E-state index contributed by atoms with van der Waals surface area (Å²) in [6.45, 7) is 3.07. The van der Waals surface area contributed by atoms with Crippen molar-refractivity contribution in [2.45, 2.75) is 51.5 Å². The fourth-order valence-corrected chi connectivity index (χ4v) is 3.04. The van der Waals surface area contributed by atoms with Gasteiger partial charge < -0.3 is 5.32 Å². The maximum atomic E-state index is 13.8. The van der Waals surface area contributed by atoms with Gasteiger partial charge in [-0.1, -0.05) is 31.9 Å². The molecular weight excluding hydrogens is 244 g/mol. The Kier molecular flexibility index (Phi) is 5.32. The van der Waals surface area contributed by atoms with Crippen LogP contribution in [0.5, 0.6) is 0 Å². The molecule has 0 heterocycles.